The smallest absolute Gasteiger partial charge is 0.220 e. The molecule has 2 atom stereocenters. The van der Waals surface area contributed by atoms with Crippen molar-refractivity contribution >= 4 is 17.3 Å². The molecule has 2 aliphatic rings. The molecule has 2 saturated heterocycles. The molecule has 6 heteroatoms. The van der Waals surface area contributed by atoms with Gasteiger partial charge in [-0.2, -0.15) is 0 Å². The summed E-state index contributed by atoms with van der Waals surface area (Å²) in [6.07, 6.45) is 2.01. The van der Waals surface area contributed by atoms with E-state index in [9.17, 15) is 13.6 Å². The average molecular weight is 281 g/mol. The molecule has 2 heterocycles. The predicted molar refractivity (Wildman–Crippen MR) is 72.3 cm³/mol. The molecule has 0 bridgehead atoms. The number of fused-ring (bicyclic) bond motifs is 1. The summed E-state index contributed by atoms with van der Waals surface area (Å²) in [5, 5.41) is 2.97. The number of hydrogen-bond acceptors (Lipinski definition) is 3. The first-order valence-electron chi connectivity index (χ1n) is 6.84. The van der Waals surface area contributed by atoms with Gasteiger partial charge < -0.3 is 16.0 Å². The molecule has 1 aromatic carbocycles. The third-order valence-corrected chi connectivity index (χ3v) is 4.24. The predicted octanol–water partition coefficient (Wildman–Crippen LogP) is 1.65. The van der Waals surface area contributed by atoms with Crippen LogP contribution in [0, 0.1) is 17.6 Å². The molecule has 108 valence electrons. The molecular formula is C14H17F2N3O. The first-order valence-corrected chi connectivity index (χ1v) is 6.84. The molecular weight excluding hydrogens is 264 g/mol. The van der Waals surface area contributed by atoms with E-state index in [0.29, 0.717) is 19.5 Å². The summed E-state index contributed by atoms with van der Waals surface area (Å²) < 4.78 is 27.4. The lowest BCUT2D eigenvalue weighted by molar-refractivity contribution is -0.124. The minimum atomic E-state index is -0.886. The van der Waals surface area contributed by atoms with E-state index < -0.39 is 11.6 Å². The topological polar surface area (TPSA) is 58.4 Å². The number of piperidine rings is 2. The van der Waals surface area contributed by atoms with Crippen LogP contribution < -0.4 is 16.0 Å². The van der Waals surface area contributed by atoms with Crippen LogP contribution in [-0.4, -0.2) is 25.0 Å². The molecule has 2 fully saturated rings. The van der Waals surface area contributed by atoms with E-state index in [0.717, 1.165) is 18.9 Å². The highest BCUT2D eigenvalue weighted by atomic mass is 19.2. The molecule has 0 spiro atoms. The van der Waals surface area contributed by atoms with Gasteiger partial charge in [-0.3, -0.25) is 4.79 Å². The van der Waals surface area contributed by atoms with Gasteiger partial charge in [0.1, 0.15) is 0 Å². The van der Waals surface area contributed by atoms with Crippen molar-refractivity contribution in [3.8, 4) is 0 Å². The average Bonchev–Trinajstić information content (AvgIpc) is 2.43. The molecule has 2 aliphatic heterocycles. The first kappa shape index (κ1) is 13.1. The van der Waals surface area contributed by atoms with Gasteiger partial charge in [0.2, 0.25) is 5.91 Å². The number of carbonyl (C=O) groups is 1. The van der Waals surface area contributed by atoms with Crippen LogP contribution in [0.1, 0.15) is 19.3 Å². The van der Waals surface area contributed by atoms with Crippen molar-refractivity contribution in [3.63, 3.8) is 0 Å². The SMILES string of the molecule is Nc1ccc(F)c(F)c1N1CCC2NC(=O)CCC2C1. The molecule has 0 saturated carbocycles. The second kappa shape index (κ2) is 4.92. The van der Waals surface area contributed by atoms with Crippen LogP contribution in [0.2, 0.25) is 0 Å². The number of benzene rings is 1. The molecule has 1 aromatic rings. The number of nitrogens with two attached hydrogens (primary N) is 1. The van der Waals surface area contributed by atoms with Gasteiger partial charge in [0, 0.05) is 25.6 Å². The number of anilines is 2. The van der Waals surface area contributed by atoms with Crippen molar-refractivity contribution in [1.82, 2.24) is 5.32 Å². The highest BCUT2D eigenvalue weighted by Gasteiger charge is 2.35. The maximum atomic E-state index is 14.0. The fourth-order valence-corrected chi connectivity index (χ4v) is 3.19. The fourth-order valence-electron chi connectivity index (χ4n) is 3.19. The molecule has 20 heavy (non-hydrogen) atoms. The quantitative estimate of drug-likeness (QED) is 0.770. The van der Waals surface area contributed by atoms with Crippen molar-refractivity contribution in [2.24, 2.45) is 5.92 Å². The number of nitrogens with one attached hydrogen (secondary N) is 1. The van der Waals surface area contributed by atoms with Crippen LogP contribution in [0.3, 0.4) is 0 Å². The van der Waals surface area contributed by atoms with Crippen LogP contribution in [0.4, 0.5) is 20.2 Å². The minimum absolute atomic E-state index is 0.0798. The highest BCUT2D eigenvalue weighted by Crippen LogP contribution is 2.34. The second-order valence-corrected chi connectivity index (χ2v) is 5.51. The van der Waals surface area contributed by atoms with Gasteiger partial charge in [0.15, 0.2) is 11.6 Å². The molecule has 0 aromatic heterocycles. The third-order valence-electron chi connectivity index (χ3n) is 4.24. The zero-order valence-electron chi connectivity index (χ0n) is 11.0. The molecule has 3 rings (SSSR count). The van der Waals surface area contributed by atoms with Gasteiger partial charge in [0.25, 0.3) is 0 Å². The molecule has 4 nitrogen and oxygen atoms in total. The maximum Gasteiger partial charge on any atom is 0.220 e. The van der Waals surface area contributed by atoms with Crippen molar-refractivity contribution < 1.29 is 13.6 Å². The van der Waals surface area contributed by atoms with E-state index in [2.05, 4.69) is 5.32 Å². The molecule has 3 N–H and O–H groups in total. The summed E-state index contributed by atoms with van der Waals surface area (Å²) in [4.78, 5) is 13.2. The summed E-state index contributed by atoms with van der Waals surface area (Å²) >= 11 is 0. The normalized spacial score (nSPS) is 26.1. The lowest BCUT2D eigenvalue weighted by Crippen LogP contribution is -2.54. The van der Waals surface area contributed by atoms with E-state index in [1.54, 1.807) is 4.90 Å². The van der Waals surface area contributed by atoms with E-state index in [1.807, 2.05) is 0 Å². The van der Waals surface area contributed by atoms with Gasteiger partial charge in [0.05, 0.1) is 11.4 Å². The lowest BCUT2D eigenvalue weighted by atomic mass is 9.85. The third kappa shape index (κ3) is 2.19. The Bertz CT molecular complexity index is 549. The Balaban J connectivity index is 1.83. The van der Waals surface area contributed by atoms with E-state index in [1.165, 1.54) is 6.07 Å². The minimum Gasteiger partial charge on any atom is -0.397 e. The number of amides is 1. The Kier molecular flexibility index (Phi) is 3.23. The number of nitrogen functional groups attached to an aromatic ring is 1. The largest absolute Gasteiger partial charge is 0.397 e. The maximum absolute atomic E-state index is 14.0. The van der Waals surface area contributed by atoms with E-state index in [4.69, 9.17) is 5.73 Å². The van der Waals surface area contributed by atoms with Gasteiger partial charge in [-0.25, -0.2) is 8.78 Å². The summed E-state index contributed by atoms with van der Waals surface area (Å²) in [7, 11) is 0. The van der Waals surface area contributed by atoms with E-state index >= 15 is 0 Å². The van der Waals surface area contributed by atoms with Gasteiger partial charge in [-0.15, -0.1) is 0 Å². The Hall–Kier alpha value is -1.85. The monoisotopic (exact) mass is 281 g/mol. The van der Waals surface area contributed by atoms with Crippen LogP contribution in [0.5, 0.6) is 0 Å². The van der Waals surface area contributed by atoms with Crippen LogP contribution in [-0.2, 0) is 4.79 Å². The van der Waals surface area contributed by atoms with Crippen molar-refractivity contribution in [2.75, 3.05) is 23.7 Å². The van der Waals surface area contributed by atoms with Gasteiger partial charge in [-0.05, 0) is 30.9 Å². The van der Waals surface area contributed by atoms with E-state index in [-0.39, 0.29) is 29.2 Å². The molecule has 2 unspecified atom stereocenters. The van der Waals surface area contributed by atoms with Gasteiger partial charge >= 0.3 is 0 Å². The van der Waals surface area contributed by atoms with Crippen LogP contribution in [0.25, 0.3) is 0 Å². The molecule has 0 radical (unpaired) electrons. The van der Waals surface area contributed by atoms with Gasteiger partial charge in [-0.1, -0.05) is 0 Å². The standard InChI is InChI=1S/C14H17F2N3O/c15-9-2-3-10(17)14(13(9)16)19-6-5-11-8(7-19)1-4-12(20)18-11/h2-3,8,11H,1,4-7,17H2,(H,18,20). The van der Waals surface area contributed by atoms with Crippen LogP contribution >= 0.6 is 0 Å². The Morgan fingerprint density at radius 2 is 2.10 bits per heavy atom. The Morgan fingerprint density at radius 1 is 1.30 bits per heavy atom. The second-order valence-electron chi connectivity index (χ2n) is 5.51. The van der Waals surface area contributed by atoms with Crippen molar-refractivity contribution in [2.45, 2.75) is 25.3 Å². The number of rotatable bonds is 1. The fraction of sp³-hybridized carbons (Fsp3) is 0.500. The number of nitrogens with zero attached hydrogens (tertiary/aromatic N) is 1. The van der Waals surface area contributed by atoms with Crippen molar-refractivity contribution in [1.29, 1.82) is 0 Å². The molecule has 0 aliphatic carbocycles. The lowest BCUT2D eigenvalue weighted by Gasteiger charge is -2.42. The Labute approximate surface area is 115 Å². The first-order chi connectivity index (χ1) is 9.56. The summed E-state index contributed by atoms with van der Waals surface area (Å²) in [6.45, 7) is 1.15. The summed E-state index contributed by atoms with van der Waals surface area (Å²) in [5.74, 6) is -1.42. The summed E-state index contributed by atoms with van der Waals surface area (Å²) in [5.41, 5.74) is 6.20. The zero-order valence-corrected chi connectivity index (χ0v) is 11.0. The highest BCUT2D eigenvalue weighted by molar-refractivity contribution is 5.77. The molecule has 1 amide bonds. The number of carbonyl (C=O) groups excluding carboxylic acids is 1. The zero-order chi connectivity index (χ0) is 14.3. The summed E-state index contributed by atoms with van der Waals surface area (Å²) in [6, 6.07) is 2.58. The number of hydrogen-bond donors (Lipinski definition) is 2. The van der Waals surface area contributed by atoms with Crippen LogP contribution in [0.15, 0.2) is 12.1 Å². The number of halogens is 2. The Morgan fingerprint density at radius 3 is 2.90 bits per heavy atom. The van der Waals surface area contributed by atoms with Crippen molar-refractivity contribution in [3.05, 3.63) is 23.8 Å².